The molecule has 1 aromatic heterocycles. The summed E-state index contributed by atoms with van der Waals surface area (Å²) in [6, 6.07) is 8.94. The molecule has 0 fully saturated rings. The second kappa shape index (κ2) is 5.05. The van der Waals surface area contributed by atoms with Crippen LogP contribution >= 0.6 is 0 Å². The van der Waals surface area contributed by atoms with Crippen molar-refractivity contribution in [1.82, 2.24) is 4.57 Å². The Labute approximate surface area is 132 Å². The molecular weight excluding hydrogens is 292 g/mol. The fraction of sp³-hybridized carbons (Fsp3) is 0.167. The first kappa shape index (κ1) is 13.7. The summed E-state index contributed by atoms with van der Waals surface area (Å²) in [5, 5.41) is 0. The smallest absolute Gasteiger partial charge is 0.262 e. The van der Waals surface area contributed by atoms with E-state index in [4.69, 9.17) is 4.74 Å². The molecule has 4 rings (SSSR count). The Morgan fingerprint density at radius 3 is 2.78 bits per heavy atom. The quantitative estimate of drug-likeness (QED) is 0.855. The second-order valence-corrected chi connectivity index (χ2v) is 5.48. The molecule has 2 aliphatic rings. The van der Waals surface area contributed by atoms with E-state index in [2.05, 4.69) is 4.99 Å². The van der Waals surface area contributed by atoms with E-state index in [0.29, 0.717) is 17.8 Å². The van der Waals surface area contributed by atoms with Gasteiger partial charge >= 0.3 is 0 Å². The molecule has 2 aromatic rings. The monoisotopic (exact) mass is 306 g/mol. The number of benzene rings is 1. The molecule has 0 bridgehead atoms. The summed E-state index contributed by atoms with van der Waals surface area (Å²) in [6.07, 6.45) is 4.15. The Balaban J connectivity index is 1.92. The standard InChI is InChI=1S/C18H14N2O3/c1-23-14-9-13-15-12(7-8-19-13)10-20(16(15)17(14)21)18(22)11-5-3-2-4-6-11/h2-6,9-10H,7-8H2,1H3. The Kier molecular flexibility index (Phi) is 3.01. The third kappa shape index (κ3) is 1.97. The number of ketones is 1. The third-order valence-corrected chi connectivity index (χ3v) is 4.17. The van der Waals surface area contributed by atoms with E-state index in [0.717, 1.165) is 23.3 Å². The van der Waals surface area contributed by atoms with Crippen LogP contribution in [-0.2, 0) is 11.2 Å². The van der Waals surface area contributed by atoms with Gasteiger partial charge in [0.15, 0.2) is 5.76 Å². The highest BCUT2D eigenvalue weighted by Gasteiger charge is 2.34. The van der Waals surface area contributed by atoms with Crippen LogP contribution in [0.25, 0.3) is 0 Å². The summed E-state index contributed by atoms with van der Waals surface area (Å²) >= 11 is 0. The largest absolute Gasteiger partial charge is 0.492 e. The van der Waals surface area contributed by atoms with Crippen molar-refractivity contribution < 1.29 is 14.3 Å². The predicted octanol–water partition coefficient (Wildman–Crippen LogP) is 2.25. The minimum Gasteiger partial charge on any atom is -0.492 e. The number of nitrogens with zero attached hydrogens (tertiary/aromatic N) is 2. The minimum absolute atomic E-state index is 0.213. The van der Waals surface area contributed by atoms with Crippen LogP contribution in [0.15, 0.2) is 53.4 Å². The number of rotatable bonds is 2. The first-order chi connectivity index (χ1) is 11.2. The lowest BCUT2D eigenvalue weighted by molar-refractivity contribution is 0.0901. The number of hydrogen-bond donors (Lipinski definition) is 0. The zero-order chi connectivity index (χ0) is 16.0. The van der Waals surface area contributed by atoms with E-state index >= 15 is 0 Å². The SMILES string of the molecule is COC1=CC2=NCCc3cn(C(=O)c4ccccc4)c(c32)C1=O. The molecule has 5 nitrogen and oxygen atoms in total. The first-order valence-corrected chi connectivity index (χ1v) is 7.40. The average Bonchev–Trinajstić information content (AvgIpc) is 2.99. The maximum absolute atomic E-state index is 12.8. The molecule has 0 unspecified atom stereocenters. The van der Waals surface area contributed by atoms with Crippen molar-refractivity contribution in [2.24, 2.45) is 4.99 Å². The molecule has 1 aromatic carbocycles. The van der Waals surface area contributed by atoms with Crippen molar-refractivity contribution in [3.05, 3.63) is 70.7 Å². The maximum Gasteiger partial charge on any atom is 0.262 e. The van der Waals surface area contributed by atoms with E-state index in [1.807, 2.05) is 6.07 Å². The summed E-state index contributed by atoms with van der Waals surface area (Å²) in [6.45, 7) is 0.646. The maximum atomic E-state index is 12.8. The van der Waals surface area contributed by atoms with E-state index in [1.165, 1.54) is 11.7 Å². The summed E-state index contributed by atoms with van der Waals surface area (Å²) in [5.41, 5.74) is 3.36. The molecule has 0 spiro atoms. The van der Waals surface area contributed by atoms with E-state index in [-0.39, 0.29) is 17.4 Å². The van der Waals surface area contributed by atoms with Crippen LogP contribution < -0.4 is 0 Å². The van der Waals surface area contributed by atoms with Gasteiger partial charge in [0.2, 0.25) is 5.78 Å². The van der Waals surface area contributed by atoms with E-state index in [1.54, 1.807) is 36.5 Å². The van der Waals surface area contributed by atoms with Crippen molar-refractivity contribution in [2.75, 3.05) is 13.7 Å². The van der Waals surface area contributed by atoms with Gasteiger partial charge in [0, 0.05) is 29.9 Å². The first-order valence-electron chi connectivity index (χ1n) is 7.40. The second-order valence-electron chi connectivity index (χ2n) is 5.48. The molecule has 23 heavy (non-hydrogen) atoms. The lowest BCUT2D eigenvalue weighted by atomic mass is 9.93. The van der Waals surface area contributed by atoms with Gasteiger partial charge in [0.1, 0.15) is 5.69 Å². The van der Waals surface area contributed by atoms with Gasteiger partial charge in [-0.1, -0.05) is 18.2 Å². The van der Waals surface area contributed by atoms with E-state index < -0.39 is 0 Å². The van der Waals surface area contributed by atoms with Crippen molar-refractivity contribution in [3.63, 3.8) is 0 Å². The Hall–Kier alpha value is -2.95. The highest BCUT2D eigenvalue weighted by Crippen LogP contribution is 2.30. The van der Waals surface area contributed by atoms with Crippen LogP contribution in [0.1, 0.15) is 32.0 Å². The Bertz CT molecular complexity index is 888. The van der Waals surface area contributed by atoms with Gasteiger partial charge in [-0.2, -0.15) is 0 Å². The molecule has 5 heteroatoms. The fourth-order valence-electron chi connectivity index (χ4n) is 3.09. The molecule has 2 heterocycles. The molecule has 0 radical (unpaired) electrons. The zero-order valence-corrected chi connectivity index (χ0v) is 12.6. The highest BCUT2D eigenvalue weighted by molar-refractivity contribution is 6.27. The van der Waals surface area contributed by atoms with Crippen LogP contribution in [0.3, 0.4) is 0 Å². The molecule has 1 aliphatic heterocycles. The Morgan fingerprint density at radius 2 is 2.04 bits per heavy atom. The summed E-state index contributed by atoms with van der Waals surface area (Å²) in [4.78, 5) is 30.0. The number of methoxy groups -OCH3 is 1. The van der Waals surface area contributed by atoms with Crippen LogP contribution in [0.2, 0.25) is 0 Å². The fourth-order valence-corrected chi connectivity index (χ4v) is 3.09. The molecule has 0 atom stereocenters. The number of Topliss-reactive ketones (excluding diaryl/α,β-unsaturated/α-hetero) is 1. The lowest BCUT2D eigenvalue weighted by Crippen LogP contribution is -2.25. The molecule has 0 N–H and O–H groups in total. The summed E-state index contributed by atoms with van der Waals surface area (Å²) in [5.74, 6) is -0.288. The summed E-state index contributed by atoms with van der Waals surface area (Å²) in [7, 11) is 1.45. The predicted molar refractivity (Wildman–Crippen MR) is 85.1 cm³/mol. The van der Waals surface area contributed by atoms with Crippen LogP contribution in [-0.4, -0.2) is 35.6 Å². The van der Waals surface area contributed by atoms with Crippen LogP contribution in [0, 0.1) is 0 Å². The normalized spacial score (nSPS) is 15.6. The average molecular weight is 306 g/mol. The lowest BCUT2D eigenvalue weighted by Gasteiger charge is -2.18. The number of carbonyl (C=O) groups excluding carboxylic acids is 2. The topological polar surface area (TPSA) is 60.7 Å². The van der Waals surface area contributed by atoms with E-state index in [9.17, 15) is 9.59 Å². The van der Waals surface area contributed by atoms with Gasteiger partial charge in [0.05, 0.1) is 12.8 Å². The molecular formula is C18H14N2O3. The van der Waals surface area contributed by atoms with Crippen molar-refractivity contribution >= 4 is 17.4 Å². The molecule has 0 saturated heterocycles. The van der Waals surface area contributed by atoms with Gasteiger partial charge in [-0.15, -0.1) is 0 Å². The number of hydrogen-bond acceptors (Lipinski definition) is 4. The van der Waals surface area contributed by atoms with Crippen LogP contribution in [0.4, 0.5) is 0 Å². The highest BCUT2D eigenvalue weighted by atomic mass is 16.5. The zero-order valence-electron chi connectivity index (χ0n) is 12.6. The number of aromatic nitrogens is 1. The van der Waals surface area contributed by atoms with Gasteiger partial charge in [0.25, 0.3) is 5.91 Å². The number of allylic oxidation sites excluding steroid dienone is 2. The number of aliphatic imine (C=N–C) groups is 1. The van der Waals surface area contributed by atoms with Gasteiger partial charge in [-0.25, -0.2) is 0 Å². The van der Waals surface area contributed by atoms with Gasteiger partial charge in [-0.05, 0) is 24.1 Å². The van der Waals surface area contributed by atoms with Crippen molar-refractivity contribution in [3.8, 4) is 0 Å². The Morgan fingerprint density at radius 1 is 1.26 bits per heavy atom. The molecule has 0 amide bonds. The van der Waals surface area contributed by atoms with Crippen molar-refractivity contribution in [1.29, 1.82) is 0 Å². The molecule has 1 aliphatic carbocycles. The van der Waals surface area contributed by atoms with Gasteiger partial charge < -0.3 is 4.74 Å². The van der Waals surface area contributed by atoms with Crippen molar-refractivity contribution in [2.45, 2.75) is 6.42 Å². The van der Waals surface area contributed by atoms with Gasteiger partial charge in [-0.3, -0.25) is 19.1 Å². The number of ether oxygens (including phenoxy) is 1. The number of carbonyl (C=O) groups is 2. The summed E-state index contributed by atoms with van der Waals surface area (Å²) < 4.78 is 6.61. The third-order valence-electron chi connectivity index (χ3n) is 4.17. The van der Waals surface area contributed by atoms with Crippen LogP contribution in [0.5, 0.6) is 0 Å². The molecule has 0 saturated carbocycles. The minimum atomic E-state index is -0.279. The molecule has 114 valence electrons.